The van der Waals surface area contributed by atoms with Crippen LogP contribution in [0.15, 0.2) is 0 Å². The molecule has 1 saturated heterocycles. The summed E-state index contributed by atoms with van der Waals surface area (Å²) >= 11 is 3.68. The predicted octanol–water partition coefficient (Wildman–Crippen LogP) is -0.936. The number of aliphatic hydroxyl groups is 3. The molecule has 17 heavy (non-hydrogen) atoms. The van der Waals surface area contributed by atoms with Crippen LogP contribution in [-0.4, -0.2) is 90.7 Å². The number of aliphatic hydroxyl groups excluding tert-OH is 3. The molecule has 5 atom stereocenters. The van der Waals surface area contributed by atoms with Gasteiger partial charge in [-0.1, -0.05) is 0 Å². The molecule has 4 nitrogen and oxygen atoms in total. The molecular weight excluding hydrogens is 421 g/mol. The summed E-state index contributed by atoms with van der Waals surface area (Å²) in [7, 11) is 0. The normalized spacial score (nSPS) is 38.3. The summed E-state index contributed by atoms with van der Waals surface area (Å²) in [6.07, 6.45) is -2.23. The Balaban J connectivity index is 2.42. The molecule has 0 spiro atoms. The van der Waals surface area contributed by atoms with E-state index in [2.05, 4.69) is 21.8 Å². The molecule has 0 amide bonds. The van der Waals surface area contributed by atoms with Gasteiger partial charge in [0.2, 0.25) is 0 Å². The second-order valence-electron chi connectivity index (χ2n) is 3.90. The monoisotopic (exact) mass is 443 g/mol. The SMILES string of the molecule is C[Se]CCC[Se][C@@H]1O[C@H](C[Se])[C@H](O)[C@H](O)[C@H]1O. The zero-order chi connectivity index (χ0) is 12.8. The van der Waals surface area contributed by atoms with Crippen molar-refractivity contribution >= 4 is 45.9 Å². The molecule has 101 valence electrons. The third kappa shape index (κ3) is 4.77. The topological polar surface area (TPSA) is 69.9 Å². The molecule has 7 heteroatoms. The average molecular weight is 440 g/mol. The number of ether oxygens (including phenoxy) is 1. The van der Waals surface area contributed by atoms with Crippen LogP contribution in [0, 0.1) is 0 Å². The Morgan fingerprint density at radius 2 is 1.82 bits per heavy atom. The van der Waals surface area contributed by atoms with Gasteiger partial charge >= 0.3 is 124 Å². The first kappa shape index (κ1) is 16.5. The minimum atomic E-state index is -1.08. The number of hydrogen-bond acceptors (Lipinski definition) is 4. The first-order valence-electron chi connectivity index (χ1n) is 5.50. The molecule has 1 fully saturated rings. The zero-order valence-corrected chi connectivity index (χ0v) is 14.8. The van der Waals surface area contributed by atoms with Crippen molar-refractivity contribution in [1.82, 2.24) is 0 Å². The van der Waals surface area contributed by atoms with E-state index in [9.17, 15) is 15.3 Å². The van der Waals surface area contributed by atoms with Gasteiger partial charge in [-0.2, -0.15) is 0 Å². The van der Waals surface area contributed by atoms with Crippen molar-refractivity contribution in [3.8, 4) is 0 Å². The Labute approximate surface area is 123 Å². The van der Waals surface area contributed by atoms with Crippen molar-refractivity contribution in [3.63, 3.8) is 0 Å². The van der Waals surface area contributed by atoms with E-state index in [4.69, 9.17) is 4.74 Å². The van der Waals surface area contributed by atoms with Crippen LogP contribution in [0.25, 0.3) is 0 Å². The fraction of sp³-hybridized carbons (Fsp3) is 1.00. The summed E-state index contributed by atoms with van der Waals surface area (Å²) < 4.78 is 5.65. The standard InChI is InChI=1S/C10H19O4Se3/c1-16-3-2-4-17-10-9(13)8(12)7(11)6(5-15)14-10/h6-13H,2-5H2,1H3/t6-,7+,8+,9-,10+/m1/s1. The number of hydrogen-bond donors (Lipinski definition) is 3. The minimum absolute atomic E-state index is 0.166. The van der Waals surface area contributed by atoms with Gasteiger partial charge in [-0.05, 0) is 0 Å². The Morgan fingerprint density at radius 1 is 1.12 bits per heavy atom. The molecule has 0 bridgehead atoms. The molecule has 0 aromatic heterocycles. The van der Waals surface area contributed by atoms with E-state index in [0.717, 1.165) is 5.32 Å². The van der Waals surface area contributed by atoms with Crippen LogP contribution < -0.4 is 0 Å². The molecule has 1 radical (unpaired) electrons. The van der Waals surface area contributed by atoms with E-state index in [1.165, 1.54) is 11.7 Å². The first-order chi connectivity index (χ1) is 8.11. The fourth-order valence-corrected chi connectivity index (χ4v) is 6.36. The maximum atomic E-state index is 9.85. The van der Waals surface area contributed by atoms with E-state index in [1.807, 2.05) is 0 Å². The van der Waals surface area contributed by atoms with Crippen LogP contribution in [0.3, 0.4) is 0 Å². The molecule has 0 aliphatic carbocycles. The number of rotatable bonds is 6. The summed E-state index contributed by atoms with van der Waals surface area (Å²) in [5.74, 6) is 2.22. The molecule has 0 aromatic carbocycles. The van der Waals surface area contributed by atoms with Gasteiger partial charge in [0.05, 0.1) is 0 Å². The molecule has 1 rings (SSSR count). The van der Waals surface area contributed by atoms with Crippen molar-refractivity contribution in [2.24, 2.45) is 0 Å². The fourth-order valence-electron chi connectivity index (χ4n) is 1.59. The first-order valence-corrected chi connectivity index (χ1v) is 11.8. The van der Waals surface area contributed by atoms with Crippen molar-refractivity contribution in [2.75, 3.05) is 0 Å². The molecule has 1 aliphatic rings. The summed E-state index contributed by atoms with van der Waals surface area (Å²) in [6.45, 7) is 0. The Bertz CT molecular complexity index is 218. The van der Waals surface area contributed by atoms with Gasteiger partial charge in [0.25, 0.3) is 0 Å². The Kier molecular flexibility index (Phi) is 8.27. The maximum absolute atomic E-state index is 9.85. The van der Waals surface area contributed by atoms with Crippen molar-refractivity contribution in [2.45, 2.75) is 57.6 Å². The van der Waals surface area contributed by atoms with Crippen LogP contribution in [-0.2, 0) is 4.74 Å². The van der Waals surface area contributed by atoms with Crippen molar-refractivity contribution < 1.29 is 20.1 Å². The van der Waals surface area contributed by atoms with Gasteiger partial charge in [-0.15, -0.1) is 0 Å². The van der Waals surface area contributed by atoms with Crippen LogP contribution in [0.5, 0.6) is 0 Å². The van der Waals surface area contributed by atoms with E-state index in [-0.39, 0.29) is 20.0 Å². The third-order valence-electron chi connectivity index (χ3n) is 2.61. The van der Waals surface area contributed by atoms with Gasteiger partial charge in [0.15, 0.2) is 0 Å². The molecule has 0 unspecified atom stereocenters. The van der Waals surface area contributed by atoms with E-state index in [0.29, 0.717) is 20.3 Å². The van der Waals surface area contributed by atoms with E-state index < -0.39 is 24.4 Å². The molecule has 3 N–H and O–H groups in total. The van der Waals surface area contributed by atoms with Gasteiger partial charge in [0.1, 0.15) is 0 Å². The second-order valence-corrected chi connectivity index (χ2v) is 9.20. The zero-order valence-electron chi connectivity index (χ0n) is 9.69. The molecule has 0 aromatic rings. The van der Waals surface area contributed by atoms with E-state index >= 15 is 0 Å². The summed E-state index contributed by atoms with van der Waals surface area (Å²) in [5, 5.41) is 31.9. The van der Waals surface area contributed by atoms with Crippen molar-refractivity contribution in [1.29, 1.82) is 0 Å². The molecular formula is C10H19O4Se3. The quantitative estimate of drug-likeness (QED) is 0.369. The summed E-state index contributed by atoms with van der Waals surface area (Å²) in [4.78, 5) is 0. The molecule has 1 heterocycles. The van der Waals surface area contributed by atoms with Crippen molar-refractivity contribution in [3.05, 3.63) is 0 Å². The average Bonchev–Trinajstić information content (AvgIpc) is 2.34. The molecule has 1 aliphatic heterocycles. The third-order valence-corrected chi connectivity index (χ3v) is 7.37. The van der Waals surface area contributed by atoms with Gasteiger partial charge in [0, 0.05) is 0 Å². The Morgan fingerprint density at radius 3 is 2.41 bits per heavy atom. The predicted molar refractivity (Wildman–Crippen MR) is 68.8 cm³/mol. The van der Waals surface area contributed by atoms with Crippen LogP contribution in [0.2, 0.25) is 21.8 Å². The second kappa shape index (κ2) is 8.55. The van der Waals surface area contributed by atoms with Crippen LogP contribution in [0.1, 0.15) is 6.42 Å². The van der Waals surface area contributed by atoms with Gasteiger partial charge in [-0.25, -0.2) is 0 Å². The van der Waals surface area contributed by atoms with Crippen LogP contribution >= 0.6 is 0 Å². The van der Waals surface area contributed by atoms with Gasteiger partial charge in [-0.3, -0.25) is 0 Å². The van der Waals surface area contributed by atoms with E-state index in [1.54, 1.807) is 0 Å². The Hall–Kier alpha value is 1.40. The summed E-state index contributed by atoms with van der Waals surface area (Å²) in [6, 6.07) is 0. The van der Waals surface area contributed by atoms with Gasteiger partial charge < -0.3 is 0 Å². The molecule has 0 saturated carbocycles. The van der Waals surface area contributed by atoms with Crippen LogP contribution in [0.4, 0.5) is 0 Å². The summed E-state index contributed by atoms with van der Waals surface area (Å²) in [5.41, 5.74) is 0.